The number of thiol groups is 1. The van der Waals surface area contributed by atoms with Gasteiger partial charge >= 0.3 is 0 Å². The summed E-state index contributed by atoms with van der Waals surface area (Å²) in [4.78, 5) is 14.6. The van der Waals surface area contributed by atoms with E-state index < -0.39 is 0 Å². The van der Waals surface area contributed by atoms with E-state index in [1.807, 2.05) is 10.8 Å². The van der Waals surface area contributed by atoms with E-state index in [4.69, 9.17) is 0 Å². The van der Waals surface area contributed by atoms with Crippen LogP contribution in [0.5, 0.6) is 0 Å². The van der Waals surface area contributed by atoms with Crippen LogP contribution >= 0.6 is 12.6 Å². The molecule has 0 fully saturated rings. The minimum absolute atomic E-state index is 0.0431. The lowest BCUT2D eigenvalue weighted by molar-refractivity contribution is -0.118. The molecule has 0 saturated heterocycles. The number of imidazole rings is 1. The first-order valence-corrected chi connectivity index (χ1v) is 4.29. The first-order chi connectivity index (χ1) is 5.83. The fourth-order valence-electron chi connectivity index (χ4n) is 0.799. The zero-order chi connectivity index (χ0) is 8.81. The molecule has 1 heterocycles. The Bertz CT molecular complexity index is 235. The van der Waals surface area contributed by atoms with Crippen molar-refractivity contribution in [1.82, 2.24) is 14.9 Å². The summed E-state index contributed by atoms with van der Waals surface area (Å²) in [7, 11) is 0. The summed E-state index contributed by atoms with van der Waals surface area (Å²) in [6.07, 6.45) is 5.28. The molecule has 5 heteroatoms. The lowest BCUT2D eigenvalue weighted by atomic mass is 10.5. The number of rotatable bonds is 4. The number of hydrogen-bond acceptors (Lipinski definition) is 3. The highest BCUT2D eigenvalue weighted by Gasteiger charge is 1.95. The lowest BCUT2D eigenvalue weighted by Crippen LogP contribution is -2.27. The molecule has 0 unspecified atom stereocenters. The van der Waals surface area contributed by atoms with Crippen molar-refractivity contribution in [3.8, 4) is 0 Å². The van der Waals surface area contributed by atoms with Crippen molar-refractivity contribution in [2.75, 3.05) is 12.3 Å². The molecule has 1 aromatic heterocycles. The number of hydrogen-bond donors (Lipinski definition) is 2. The first kappa shape index (κ1) is 9.12. The Kier molecular flexibility index (Phi) is 3.66. The molecule has 0 radical (unpaired) electrons. The maximum atomic E-state index is 10.7. The molecule has 0 saturated carbocycles. The Hall–Kier alpha value is -0.970. The topological polar surface area (TPSA) is 46.9 Å². The standard InChI is InChI=1S/C7H11N3OS/c11-7(5-12)9-2-4-10-3-1-8-6-10/h1,3,6,12H,2,4-5H2,(H,9,11). The number of aromatic nitrogens is 2. The van der Waals surface area contributed by atoms with Crippen molar-refractivity contribution < 1.29 is 4.79 Å². The number of nitrogens with one attached hydrogen (secondary N) is 1. The number of carbonyl (C=O) groups is 1. The van der Waals surface area contributed by atoms with Gasteiger partial charge in [-0.25, -0.2) is 4.98 Å². The zero-order valence-electron chi connectivity index (χ0n) is 6.60. The van der Waals surface area contributed by atoms with Crippen LogP contribution in [0, 0.1) is 0 Å². The van der Waals surface area contributed by atoms with Gasteiger partial charge in [0.25, 0.3) is 0 Å². The van der Waals surface area contributed by atoms with Crippen LogP contribution < -0.4 is 5.32 Å². The van der Waals surface area contributed by atoms with E-state index in [2.05, 4.69) is 22.9 Å². The molecule has 1 rings (SSSR count). The fraction of sp³-hybridized carbons (Fsp3) is 0.429. The van der Waals surface area contributed by atoms with Crippen LogP contribution in [0.25, 0.3) is 0 Å². The summed E-state index contributed by atoms with van der Waals surface area (Å²) in [5.74, 6) is 0.197. The Balaban J connectivity index is 2.15. The molecular weight excluding hydrogens is 174 g/mol. The van der Waals surface area contributed by atoms with Crippen molar-refractivity contribution in [2.24, 2.45) is 0 Å². The summed E-state index contributed by atoms with van der Waals surface area (Å²) in [6.45, 7) is 1.37. The van der Waals surface area contributed by atoms with Crippen molar-refractivity contribution in [3.63, 3.8) is 0 Å². The van der Waals surface area contributed by atoms with Crippen molar-refractivity contribution >= 4 is 18.5 Å². The zero-order valence-corrected chi connectivity index (χ0v) is 7.50. The molecule has 4 nitrogen and oxygen atoms in total. The molecule has 0 aliphatic rings. The van der Waals surface area contributed by atoms with Crippen LogP contribution in [0.15, 0.2) is 18.7 Å². The molecule has 0 bridgehead atoms. The second-order valence-electron chi connectivity index (χ2n) is 2.31. The van der Waals surface area contributed by atoms with Crippen molar-refractivity contribution in [3.05, 3.63) is 18.7 Å². The van der Waals surface area contributed by atoms with Crippen molar-refractivity contribution in [1.29, 1.82) is 0 Å². The minimum Gasteiger partial charge on any atom is -0.354 e. The normalized spacial score (nSPS) is 9.75. The predicted molar refractivity (Wildman–Crippen MR) is 49.1 cm³/mol. The highest BCUT2D eigenvalue weighted by atomic mass is 32.1. The van der Waals surface area contributed by atoms with Gasteiger partial charge in [0.2, 0.25) is 5.91 Å². The number of nitrogens with zero attached hydrogens (tertiary/aromatic N) is 2. The Morgan fingerprint density at radius 2 is 2.50 bits per heavy atom. The van der Waals surface area contributed by atoms with Crippen LogP contribution in [-0.4, -0.2) is 27.8 Å². The Morgan fingerprint density at radius 1 is 1.67 bits per heavy atom. The van der Waals surface area contributed by atoms with E-state index in [0.717, 1.165) is 6.54 Å². The van der Waals surface area contributed by atoms with Crippen LogP contribution in [-0.2, 0) is 11.3 Å². The van der Waals surface area contributed by atoms with E-state index in [1.54, 1.807) is 12.5 Å². The lowest BCUT2D eigenvalue weighted by Gasteiger charge is -2.02. The van der Waals surface area contributed by atoms with Gasteiger partial charge in [0.15, 0.2) is 0 Å². The minimum atomic E-state index is -0.0431. The molecule has 0 spiro atoms. The monoisotopic (exact) mass is 185 g/mol. The molecule has 1 amide bonds. The highest BCUT2D eigenvalue weighted by molar-refractivity contribution is 7.81. The molecule has 0 atom stereocenters. The molecule has 66 valence electrons. The van der Waals surface area contributed by atoms with Gasteiger partial charge in [0.1, 0.15) is 0 Å². The third-order valence-electron chi connectivity index (χ3n) is 1.39. The summed E-state index contributed by atoms with van der Waals surface area (Å²) < 4.78 is 1.90. The average molecular weight is 185 g/mol. The second-order valence-corrected chi connectivity index (χ2v) is 2.62. The van der Waals surface area contributed by atoms with Gasteiger partial charge in [-0.2, -0.15) is 12.6 Å². The Morgan fingerprint density at radius 3 is 3.08 bits per heavy atom. The molecule has 0 aromatic carbocycles. The number of amides is 1. The van der Waals surface area contributed by atoms with Crippen LogP contribution in [0.2, 0.25) is 0 Å². The SMILES string of the molecule is O=C(CS)NCCn1ccnc1. The fourth-order valence-corrected chi connectivity index (χ4v) is 0.911. The van der Waals surface area contributed by atoms with Gasteiger partial charge in [-0.3, -0.25) is 4.79 Å². The molecule has 12 heavy (non-hydrogen) atoms. The third kappa shape index (κ3) is 2.96. The average Bonchev–Trinajstić information content (AvgIpc) is 2.57. The van der Waals surface area contributed by atoms with Gasteiger partial charge in [-0.1, -0.05) is 0 Å². The molecular formula is C7H11N3OS. The van der Waals surface area contributed by atoms with E-state index in [0.29, 0.717) is 6.54 Å². The maximum absolute atomic E-state index is 10.7. The van der Waals surface area contributed by atoms with E-state index in [1.165, 1.54) is 0 Å². The molecule has 1 aromatic rings. The number of carbonyl (C=O) groups excluding carboxylic acids is 1. The maximum Gasteiger partial charge on any atom is 0.229 e. The molecule has 0 aliphatic heterocycles. The highest BCUT2D eigenvalue weighted by Crippen LogP contribution is 1.83. The van der Waals surface area contributed by atoms with Gasteiger partial charge < -0.3 is 9.88 Å². The van der Waals surface area contributed by atoms with Gasteiger partial charge in [-0.05, 0) is 0 Å². The van der Waals surface area contributed by atoms with Crippen LogP contribution in [0.4, 0.5) is 0 Å². The van der Waals surface area contributed by atoms with E-state index >= 15 is 0 Å². The van der Waals surface area contributed by atoms with E-state index in [-0.39, 0.29) is 11.7 Å². The first-order valence-electron chi connectivity index (χ1n) is 3.66. The van der Waals surface area contributed by atoms with Gasteiger partial charge in [0.05, 0.1) is 12.1 Å². The van der Waals surface area contributed by atoms with Crippen LogP contribution in [0.1, 0.15) is 0 Å². The molecule has 1 N–H and O–H groups in total. The van der Waals surface area contributed by atoms with Crippen molar-refractivity contribution in [2.45, 2.75) is 6.54 Å². The summed E-state index contributed by atoms with van der Waals surface area (Å²) in [5.41, 5.74) is 0. The van der Waals surface area contributed by atoms with E-state index in [9.17, 15) is 4.79 Å². The largest absolute Gasteiger partial charge is 0.354 e. The predicted octanol–water partition coefficient (Wildman–Crippen LogP) is -0.0709. The van der Waals surface area contributed by atoms with Gasteiger partial charge in [-0.15, -0.1) is 0 Å². The van der Waals surface area contributed by atoms with Crippen LogP contribution in [0.3, 0.4) is 0 Å². The summed E-state index contributed by atoms with van der Waals surface area (Å²) >= 11 is 3.83. The summed E-state index contributed by atoms with van der Waals surface area (Å²) in [5, 5.41) is 2.71. The summed E-state index contributed by atoms with van der Waals surface area (Å²) in [6, 6.07) is 0. The smallest absolute Gasteiger partial charge is 0.229 e. The van der Waals surface area contributed by atoms with Gasteiger partial charge in [0, 0.05) is 25.5 Å². The third-order valence-corrected chi connectivity index (χ3v) is 1.68. The quantitative estimate of drug-likeness (QED) is 0.645. The second kappa shape index (κ2) is 4.82. The molecule has 0 aliphatic carbocycles. The Labute approximate surface area is 76.4 Å².